The molecule has 1 N–H and O–H groups in total. The van der Waals surface area contributed by atoms with Crippen LogP contribution in [0.2, 0.25) is 0 Å². The first-order chi connectivity index (χ1) is 11.5. The monoisotopic (exact) mass is 331 g/mol. The third-order valence-electron chi connectivity index (χ3n) is 5.28. The number of carbonyl (C=O) groups is 2. The van der Waals surface area contributed by atoms with Crippen molar-refractivity contribution in [2.24, 2.45) is 11.8 Å². The lowest BCUT2D eigenvalue weighted by Gasteiger charge is -2.38. The topological polar surface area (TPSA) is 66.8 Å². The summed E-state index contributed by atoms with van der Waals surface area (Å²) in [5, 5.41) is 9.52. The molecule has 0 aromatic heterocycles. The second kappa shape index (κ2) is 5.41. The van der Waals surface area contributed by atoms with E-state index in [9.17, 15) is 19.1 Å². The number of fused-ring (bicyclic) bond motifs is 3. The van der Waals surface area contributed by atoms with Crippen LogP contribution in [0, 0.1) is 17.7 Å². The first-order valence-corrected chi connectivity index (χ1v) is 8.15. The number of ether oxygens (including phenoxy) is 1. The Balaban J connectivity index is 1.72. The fourth-order valence-electron chi connectivity index (χ4n) is 4.11. The molecule has 1 aromatic carbocycles. The maximum absolute atomic E-state index is 13.5. The molecule has 4 rings (SSSR count). The van der Waals surface area contributed by atoms with Gasteiger partial charge >= 0.3 is 5.97 Å². The second-order valence-electron chi connectivity index (χ2n) is 6.71. The third kappa shape index (κ3) is 2.17. The molecule has 3 aliphatic rings. The van der Waals surface area contributed by atoms with E-state index in [4.69, 9.17) is 4.74 Å². The normalized spacial score (nSPS) is 33.6. The molecule has 1 amide bonds. The highest BCUT2D eigenvalue weighted by Crippen LogP contribution is 2.42. The lowest BCUT2D eigenvalue weighted by molar-refractivity contribution is -0.146. The van der Waals surface area contributed by atoms with Crippen LogP contribution in [0.25, 0.3) is 0 Å². The largest absolute Gasteiger partial charge is 0.481 e. The van der Waals surface area contributed by atoms with E-state index in [1.54, 1.807) is 23.1 Å². The van der Waals surface area contributed by atoms with Gasteiger partial charge in [0.1, 0.15) is 11.7 Å². The van der Waals surface area contributed by atoms with Crippen LogP contribution in [-0.2, 0) is 20.7 Å². The Morgan fingerprint density at radius 1 is 1.25 bits per heavy atom. The van der Waals surface area contributed by atoms with E-state index in [0.717, 1.165) is 12.0 Å². The van der Waals surface area contributed by atoms with E-state index in [0.29, 0.717) is 12.1 Å². The average Bonchev–Trinajstić information content (AvgIpc) is 3.15. The molecule has 1 saturated heterocycles. The van der Waals surface area contributed by atoms with Gasteiger partial charge in [0.15, 0.2) is 0 Å². The van der Waals surface area contributed by atoms with Gasteiger partial charge < -0.3 is 14.7 Å². The minimum atomic E-state index is -1.02. The van der Waals surface area contributed by atoms with Crippen LogP contribution in [0.15, 0.2) is 30.4 Å². The molecular formula is C18H18FNO4. The Bertz CT molecular complexity index is 747. The first kappa shape index (κ1) is 15.3. The van der Waals surface area contributed by atoms with E-state index in [1.165, 1.54) is 12.1 Å². The molecule has 126 valence electrons. The highest BCUT2D eigenvalue weighted by atomic mass is 19.1. The fourth-order valence-corrected chi connectivity index (χ4v) is 4.11. The molecule has 5 nitrogen and oxygen atoms in total. The Hall–Kier alpha value is -2.21. The number of benzene rings is 1. The molecule has 0 aliphatic carbocycles. The van der Waals surface area contributed by atoms with Gasteiger partial charge in [-0.05, 0) is 43.5 Å². The lowest BCUT2D eigenvalue weighted by Crippen LogP contribution is -2.50. The lowest BCUT2D eigenvalue weighted by atomic mass is 9.81. The Morgan fingerprint density at radius 3 is 2.67 bits per heavy atom. The van der Waals surface area contributed by atoms with Crippen LogP contribution in [0.4, 0.5) is 10.1 Å². The summed E-state index contributed by atoms with van der Waals surface area (Å²) in [5.74, 6) is -3.21. The van der Waals surface area contributed by atoms with Gasteiger partial charge in [-0.3, -0.25) is 9.59 Å². The number of carbonyl (C=O) groups excluding carboxylic acids is 1. The number of hydrogen-bond donors (Lipinski definition) is 1. The van der Waals surface area contributed by atoms with Crippen LogP contribution in [-0.4, -0.2) is 35.2 Å². The van der Waals surface area contributed by atoms with Gasteiger partial charge in [-0.2, -0.15) is 0 Å². The number of rotatable bonds is 2. The van der Waals surface area contributed by atoms with E-state index in [2.05, 4.69) is 0 Å². The molecule has 3 aliphatic heterocycles. The third-order valence-corrected chi connectivity index (χ3v) is 5.28. The maximum atomic E-state index is 13.5. The van der Waals surface area contributed by atoms with Crippen LogP contribution in [0.1, 0.15) is 18.9 Å². The number of nitrogens with zero attached hydrogens (tertiary/aromatic N) is 1. The molecule has 5 atom stereocenters. The molecule has 1 aromatic rings. The summed E-state index contributed by atoms with van der Waals surface area (Å²) in [5.41, 5.74) is 1.46. The van der Waals surface area contributed by atoms with Crippen molar-refractivity contribution in [3.05, 3.63) is 41.7 Å². The van der Waals surface area contributed by atoms with Crippen molar-refractivity contribution in [1.82, 2.24) is 0 Å². The quantitative estimate of drug-likeness (QED) is 0.843. The summed E-state index contributed by atoms with van der Waals surface area (Å²) < 4.78 is 19.1. The first-order valence-electron chi connectivity index (χ1n) is 8.15. The number of anilines is 1. The van der Waals surface area contributed by atoms with E-state index >= 15 is 0 Å². The van der Waals surface area contributed by atoms with Crippen molar-refractivity contribution in [3.63, 3.8) is 0 Å². The standard InChI is InChI=1S/C18H18FNO4/c1-9-2-3-10-8-11(19)4-5-12(10)20(9)17(21)15-13-6-7-14(24-13)16(15)18(22)23/h4-9,13-16H,2-3H2,1H3,(H,22,23). The molecule has 1 fully saturated rings. The highest BCUT2D eigenvalue weighted by Gasteiger charge is 2.54. The van der Waals surface area contributed by atoms with Crippen LogP contribution in [0.3, 0.4) is 0 Å². The molecule has 5 unspecified atom stereocenters. The number of aliphatic carboxylic acids is 1. The summed E-state index contributed by atoms with van der Waals surface area (Å²) >= 11 is 0. The van der Waals surface area contributed by atoms with Crippen LogP contribution < -0.4 is 4.90 Å². The van der Waals surface area contributed by atoms with Gasteiger partial charge in [0.05, 0.1) is 18.1 Å². The number of hydrogen-bond acceptors (Lipinski definition) is 3. The van der Waals surface area contributed by atoms with E-state index in [1.807, 2.05) is 6.92 Å². The number of aryl methyl sites for hydroxylation is 1. The van der Waals surface area contributed by atoms with Gasteiger partial charge in [0.2, 0.25) is 5.91 Å². The summed E-state index contributed by atoms with van der Waals surface area (Å²) in [6.07, 6.45) is 3.87. The maximum Gasteiger partial charge on any atom is 0.310 e. The molecule has 0 saturated carbocycles. The molecular weight excluding hydrogens is 313 g/mol. The number of amides is 1. The van der Waals surface area contributed by atoms with Crippen LogP contribution >= 0.6 is 0 Å². The number of carboxylic acid groups (broad SMARTS) is 1. The minimum Gasteiger partial charge on any atom is -0.481 e. The number of halogens is 1. The zero-order valence-corrected chi connectivity index (χ0v) is 13.2. The van der Waals surface area contributed by atoms with Crippen molar-refractivity contribution >= 4 is 17.6 Å². The van der Waals surface area contributed by atoms with E-state index in [-0.39, 0.29) is 17.8 Å². The minimum absolute atomic E-state index is 0.0620. The smallest absolute Gasteiger partial charge is 0.310 e. The molecule has 6 heteroatoms. The zero-order chi connectivity index (χ0) is 17.0. The Morgan fingerprint density at radius 2 is 1.96 bits per heavy atom. The Kier molecular flexibility index (Phi) is 3.46. The van der Waals surface area contributed by atoms with E-state index < -0.39 is 30.0 Å². The van der Waals surface area contributed by atoms with Crippen molar-refractivity contribution in [2.75, 3.05) is 4.90 Å². The molecule has 0 spiro atoms. The summed E-state index contributed by atoms with van der Waals surface area (Å²) in [7, 11) is 0. The number of carboxylic acids is 1. The fraction of sp³-hybridized carbons (Fsp3) is 0.444. The summed E-state index contributed by atoms with van der Waals surface area (Å²) in [4.78, 5) is 26.5. The van der Waals surface area contributed by atoms with Crippen molar-refractivity contribution < 1.29 is 23.8 Å². The van der Waals surface area contributed by atoms with Gasteiger partial charge in [-0.15, -0.1) is 0 Å². The average molecular weight is 331 g/mol. The molecule has 24 heavy (non-hydrogen) atoms. The molecule has 2 bridgehead atoms. The highest BCUT2D eigenvalue weighted by molar-refractivity contribution is 6.00. The summed E-state index contributed by atoms with van der Waals surface area (Å²) in [6, 6.07) is 4.34. The predicted octanol–water partition coefficient (Wildman–Crippen LogP) is 2.15. The predicted molar refractivity (Wildman–Crippen MR) is 84.1 cm³/mol. The van der Waals surface area contributed by atoms with Gasteiger partial charge in [0.25, 0.3) is 0 Å². The second-order valence-corrected chi connectivity index (χ2v) is 6.71. The van der Waals surface area contributed by atoms with Crippen molar-refractivity contribution in [3.8, 4) is 0 Å². The van der Waals surface area contributed by atoms with Gasteiger partial charge in [0, 0.05) is 11.7 Å². The van der Waals surface area contributed by atoms with Crippen LogP contribution in [0.5, 0.6) is 0 Å². The van der Waals surface area contributed by atoms with Crippen molar-refractivity contribution in [2.45, 2.75) is 38.0 Å². The van der Waals surface area contributed by atoms with Gasteiger partial charge in [-0.25, -0.2) is 4.39 Å². The zero-order valence-electron chi connectivity index (χ0n) is 13.2. The van der Waals surface area contributed by atoms with Crippen molar-refractivity contribution in [1.29, 1.82) is 0 Å². The SMILES string of the molecule is CC1CCc2cc(F)ccc2N1C(=O)C1C2C=CC(O2)C1C(=O)O. The summed E-state index contributed by atoms with van der Waals surface area (Å²) in [6.45, 7) is 1.93. The van der Waals surface area contributed by atoms with Gasteiger partial charge in [-0.1, -0.05) is 12.2 Å². The molecule has 3 heterocycles. The molecule has 0 radical (unpaired) electrons. The Labute approximate surface area is 138 Å².